The van der Waals surface area contributed by atoms with E-state index in [9.17, 15) is 4.39 Å². The maximum Gasteiger partial charge on any atom is 0.168 e. The van der Waals surface area contributed by atoms with Crippen molar-refractivity contribution < 1.29 is 4.39 Å². The number of benzene rings is 1. The van der Waals surface area contributed by atoms with Gasteiger partial charge in [-0.15, -0.1) is 0 Å². The minimum absolute atomic E-state index is 0.00125. The summed E-state index contributed by atoms with van der Waals surface area (Å²) in [7, 11) is 0. The number of nitriles is 1. The van der Waals surface area contributed by atoms with E-state index in [0.29, 0.717) is 5.56 Å². The molecule has 0 fully saturated rings. The fourth-order valence-electron chi connectivity index (χ4n) is 1.39. The Morgan fingerprint density at radius 3 is 2.48 bits per heavy atom. The maximum atomic E-state index is 12.7. The van der Waals surface area contributed by atoms with E-state index < -0.39 is 0 Å². The summed E-state index contributed by atoms with van der Waals surface area (Å²) in [5.74, 6) is -0.223. The molecule has 0 amide bonds. The molecule has 1 N–H and O–H groups in total. The number of pyridine rings is 1. The Hall–Kier alpha value is -1.87. The van der Waals surface area contributed by atoms with Crippen LogP contribution in [-0.4, -0.2) is 11.2 Å². The number of hydrogen-bond acceptors (Lipinski definition) is 4. The molecule has 106 valence electrons. The molecule has 2 aromatic rings. The van der Waals surface area contributed by atoms with Gasteiger partial charge in [0, 0.05) is 0 Å². The van der Waals surface area contributed by atoms with Crippen LogP contribution in [0.1, 0.15) is 11.1 Å². The normalized spacial score (nSPS) is 10.6. The highest BCUT2D eigenvalue weighted by Gasteiger charge is 2.15. The molecule has 0 unspecified atom stereocenters. The lowest BCUT2D eigenvalue weighted by atomic mass is 10.2. The van der Waals surface area contributed by atoms with Gasteiger partial charge in [-0.2, -0.15) is 10.4 Å². The number of nitrogens with zero attached hydrogens (tertiary/aromatic N) is 3. The third-order valence-electron chi connectivity index (χ3n) is 2.40. The van der Waals surface area contributed by atoms with Crippen molar-refractivity contribution in [3.8, 4) is 6.07 Å². The molecule has 0 aliphatic heterocycles. The number of rotatable bonds is 3. The van der Waals surface area contributed by atoms with Crippen molar-refractivity contribution in [3.63, 3.8) is 0 Å². The fourth-order valence-corrected chi connectivity index (χ4v) is 2.06. The standard InChI is InChI=1S/C13H6Cl3FN4/c14-10-9(5-18)12(16)20-13(11(10)15)21-19-6-7-1-3-8(17)4-2-7/h1-4,6H,(H,20,21)/b19-6+. The van der Waals surface area contributed by atoms with Crippen molar-refractivity contribution in [2.75, 3.05) is 5.43 Å². The first-order valence-electron chi connectivity index (χ1n) is 5.52. The van der Waals surface area contributed by atoms with Gasteiger partial charge in [0.05, 0.1) is 11.2 Å². The summed E-state index contributed by atoms with van der Waals surface area (Å²) < 4.78 is 12.7. The van der Waals surface area contributed by atoms with E-state index in [1.807, 2.05) is 0 Å². The largest absolute Gasteiger partial charge is 0.260 e. The first kappa shape index (κ1) is 15.5. The monoisotopic (exact) mass is 342 g/mol. The van der Waals surface area contributed by atoms with Crippen molar-refractivity contribution >= 4 is 46.8 Å². The molecule has 21 heavy (non-hydrogen) atoms. The predicted octanol–water partition coefficient (Wildman–Crippen LogP) is 4.50. The Kier molecular flexibility index (Phi) is 4.97. The van der Waals surface area contributed by atoms with Gasteiger partial charge in [-0.1, -0.05) is 46.9 Å². The smallest absolute Gasteiger partial charge is 0.168 e. The molecule has 0 aliphatic carbocycles. The predicted molar refractivity (Wildman–Crippen MR) is 81.6 cm³/mol. The van der Waals surface area contributed by atoms with E-state index in [-0.39, 0.29) is 32.4 Å². The van der Waals surface area contributed by atoms with Crippen LogP contribution in [0.2, 0.25) is 15.2 Å². The van der Waals surface area contributed by atoms with Crippen LogP contribution in [0.25, 0.3) is 0 Å². The van der Waals surface area contributed by atoms with Crippen molar-refractivity contribution in [3.05, 3.63) is 56.4 Å². The fraction of sp³-hybridized carbons (Fsp3) is 0. The minimum atomic E-state index is -0.338. The lowest BCUT2D eigenvalue weighted by Crippen LogP contribution is -1.97. The SMILES string of the molecule is N#Cc1c(Cl)nc(N/N=C/c2ccc(F)cc2)c(Cl)c1Cl. The quantitative estimate of drug-likeness (QED) is 0.507. The first-order chi connectivity index (χ1) is 10.0. The summed E-state index contributed by atoms with van der Waals surface area (Å²) >= 11 is 17.7. The van der Waals surface area contributed by atoms with Crippen LogP contribution < -0.4 is 5.43 Å². The van der Waals surface area contributed by atoms with Gasteiger partial charge in [0.15, 0.2) is 11.0 Å². The van der Waals surface area contributed by atoms with E-state index in [1.54, 1.807) is 18.2 Å². The Balaban J connectivity index is 2.21. The topological polar surface area (TPSA) is 61.1 Å². The molecule has 2 rings (SSSR count). The molecular weight excluding hydrogens is 338 g/mol. The highest BCUT2D eigenvalue weighted by molar-refractivity contribution is 6.45. The molecule has 0 saturated carbocycles. The number of nitrogens with one attached hydrogen (secondary N) is 1. The van der Waals surface area contributed by atoms with Gasteiger partial charge < -0.3 is 0 Å². The second-order valence-corrected chi connectivity index (χ2v) is 4.90. The van der Waals surface area contributed by atoms with Crippen LogP contribution >= 0.6 is 34.8 Å². The third kappa shape index (κ3) is 3.61. The zero-order valence-electron chi connectivity index (χ0n) is 10.2. The number of aromatic nitrogens is 1. The first-order valence-corrected chi connectivity index (χ1v) is 6.65. The Bertz CT molecular complexity index is 739. The Morgan fingerprint density at radius 1 is 1.19 bits per heavy atom. The average Bonchev–Trinajstić information content (AvgIpc) is 2.47. The zero-order chi connectivity index (χ0) is 15.4. The van der Waals surface area contributed by atoms with E-state index in [2.05, 4.69) is 15.5 Å². The maximum absolute atomic E-state index is 12.7. The van der Waals surface area contributed by atoms with Crippen molar-refractivity contribution in [1.29, 1.82) is 5.26 Å². The van der Waals surface area contributed by atoms with Crippen molar-refractivity contribution in [2.45, 2.75) is 0 Å². The Morgan fingerprint density at radius 2 is 1.86 bits per heavy atom. The highest BCUT2D eigenvalue weighted by Crippen LogP contribution is 2.34. The van der Waals surface area contributed by atoms with Crippen LogP contribution in [0.4, 0.5) is 10.2 Å². The lowest BCUT2D eigenvalue weighted by molar-refractivity contribution is 0.628. The van der Waals surface area contributed by atoms with Crippen LogP contribution in [0.5, 0.6) is 0 Å². The molecule has 0 bridgehead atoms. The van der Waals surface area contributed by atoms with Crippen molar-refractivity contribution in [1.82, 2.24) is 4.98 Å². The second-order valence-electron chi connectivity index (χ2n) is 3.79. The molecule has 0 aliphatic rings. The van der Waals surface area contributed by atoms with Crippen LogP contribution in [-0.2, 0) is 0 Å². The minimum Gasteiger partial charge on any atom is -0.260 e. The molecule has 0 saturated heterocycles. The number of halogens is 4. The summed E-state index contributed by atoms with van der Waals surface area (Å²) in [5.41, 5.74) is 3.23. The molecule has 4 nitrogen and oxygen atoms in total. The second kappa shape index (κ2) is 6.72. The van der Waals surface area contributed by atoms with E-state index >= 15 is 0 Å². The highest BCUT2D eigenvalue weighted by atomic mass is 35.5. The molecule has 0 spiro atoms. The number of anilines is 1. The van der Waals surface area contributed by atoms with Gasteiger partial charge in [-0.25, -0.2) is 9.37 Å². The molecular formula is C13H6Cl3FN4. The molecule has 1 aromatic carbocycles. The van der Waals surface area contributed by atoms with Gasteiger partial charge in [0.1, 0.15) is 22.5 Å². The van der Waals surface area contributed by atoms with E-state index in [0.717, 1.165) is 0 Å². The lowest BCUT2D eigenvalue weighted by Gasteiger charge is -2.06. The van der Waals surface area contributed by atoms with E-state index in [1.165, 1.54) is 18.3 Å². The molecule has 8 heteroatoms. The number of hydrogen-bond donors (Lipinski definition) is 1. The van der Waals surface area contributed by atoms with Crippen LogP contribution in [0.15, 0.2) is 29.4 Å². The van der Waals surface area contributed by atoms with Gasteiger partial charge in [0.25, 0.3) is 0 Å². The summed E-state index contributed by atoms with van der Waals surface area (Å²) in [4.78, 5) is 3.89. The van der Waals surface area contributed by atoms with Gasteiger partial charge in [0.2, 0.25) is 0 Å². The van der Waals surface area contributed by atoms with Gasteiger partial charge in [-0.05, 0) is 17.7 Å². The van der Waals surface area contributed by atoms with E-state index in [4.69, 9.17) is 40.1 Å². The summed E-state index contributed by atoms with van der Waals surface area (Å²) in [6, 6.07) is 7.52. The summed E-state index contributed by atoms with van der Waals surface area (Å²) in [6.45, 7) is 0. The summed E-state index contributed by atoms with van der Waals surface area (Å²) in [5, 5.41) is 12.7. The molecule has 1 heterocycles. The molecule has 0 radical (unpaired) electrons. The zero-order valence-corrected chi connectivity index (χ0v) is 12.5. The summed E-state index contributed by atoms with van der Waals surface area (Å²) in [6.07, 6.45) is 1.44. The van der Waals surface area contributed by atoms with Gasteiger partial charge >= 0.3 is 0 Å². The Labute approximate surface area is 134 Å². The average molecular weight is 344 g/mol. The molecule has 0 atom stereocenters. The number of hydrazone groups is 1. The third-order valence-corrected chi connectivity index (χ3v) is 3.52. The van der Waals surface area contributed by atoms with Crippen LogP contribution in [0, 0.1) is 17.1 Å². The van der Waals surface area contributed by atoms with Crippen LogP contribution in [0.3, 0.4) is 0 Å². The van der Waals surface area contributed by atoms with Gasteiger partial charge in [-0.3, -0.25) is 5.43 Å². The molecule has 1 aromatic heterocycles. The van der Waals surface area contributed by atoms with Crippen molar-refractivity contribution in [2.24, 2.45) is 5.10 Å².